The van der Waals surface area contributed by atoms with E-state index in [0.717, 1.165) is 5.56 Å². The van der Waals surface area contributed by atoms with Crippen LogP contribution < -0.4 is 10.9 Å². The van der Waals surface area contributed by atoms with Gasteiger partial charge in [0.1, 0.15) is 0 Å². The fourth-order valence-electron chi connectivity index (χ4n) is 1.67. The molecule has 2 amide bonds. The molecule has 2 N–H and O–H groups in total. The van der Waals surface area contributed by atoms with E-state index in [1.54, 1.807) is 48.5 Å². The summed E-state index contributed by atoms with van der Waals surface area (Å²) < 4.78 is 0.662. The first-order chi connectivity index (χ1) is 10.1. The monoisotopic (exact) mass is 366 g/mol. The molecule has 0 aliphatic rings. The molecule has 6 heteroatoms. The average Bonchev–Trinajstić information content (AvgIpc) is 2.48. The molecule has 0 radical (unpaired) electrons. The third kappa shape index (κ3) is 4.58. The Kier molecular flexibility index (Phi) is 5.36. The molecule has 2 aromatic carbocycles. The first-order valence-corrected chi connectivity index (χ1v) is 7.31. The Morgan fingerprint density at radius 1 is 1.00 bits per heavy atom. The second-order valence-corrected chi connectivity index (χ2v) is 5.58. The molecule has 0 aliphatic carbocycles. The summed E-state index contributed by atoms with van der Waals surface area (Å²) in [7, 11) is 0. The van der Waals surface area contributed by atoms with Gasteiger partial charge in [0.2, 0.25) is 5.91 Å². The molecule has 0 aromatic heterocycles. The minimum atomic E-state index is -0.382. The number of halogens is 2. The largest absolute Gasteiger partial charge is 0.273 e. The molecule has 0 bridgehead atoms. The van der Waals surface area contributed by atoms with Gasteiger partial charge >= 0.3 is 0 Å². The van der Waals surface area contributed by atoms with Crippen LogP contribution >= 0.6 is 27.5 Å². The fraction of sp³-hybridized carbons (Fsp3) is 0.0667. The number of carbonyl (C=O) groups is 2. The summed E-state index contributed by atoms with van der Waals surface area (Å²) in [5.74, 6) is -0.690. The van der Waals surface area contributed by atoms with E-state index in [1.807, 2.05) is 0 Å². The molecule has 21 heavy (non-hydrogen) atoms. The minimum absolute atomic E-state index is 0.160. The fourth-order valence-corrected chi connectivity index (χ4v) is 2.26. The van der Waals surface area contributed by atoms with Gasteiger partial charge < -0.3 is 0 Å². The van der Waals surface area contributed by atoms with E-state index in [4.69, 9.17) is 11.6 Å². The minimum Gasteiger partial charge on any atom is -0.273 e. The highest BCUT2D eigenvalue weighted by Crippen LogP contribution is 2.15. The Bertz CT molecular complexity index is 659. The summed E-state index contributed by atoms with van der Waals surface area (Å²) in [6.45, 7) is 0. The lowest BCUT2D eigenvalue weighted by atomic mass is 10.1. The Morgan fingerprint density at radius 2 is 1.67 bits per heavy atom. The van der Waals surface area contributed by atoms with Crippen molar-refractivity contribution in [1.29, 1.82) is 0 Å². The molecule has 4 nitrogen and oxygen atoms in total. The second kappa shape index (κ2) is 7.24. The molecule has 0 atom stereocenters. The standard InChI is InChI=1S/C15H12BrClN2O2/c16-13-4-2-1-3-12(13)15(21)19-18-14(20)9-10-5-7-11(17)8-6-10/h1-8H,9H2,(H,18,20)(H,19,21). The first kappa shape index (κ1) is 15.5. The van der Waals surface area contributed by atoms with E-state index in [9.17, 15) is 9.59 Å². The van der Waals surface area contributed by atoms with E-state index in [-0.39, 0.29) is 18.2 Å². The van der Waals surface area contributed by atoms with Crippen LogP contribution in [0.2, 0.25) is 5.02 Å². The zero-order chi connectivity index (χ0) is 15.2. The van der Waals surface area contributed by atoms with Crippen molar-refractivity contribution in [3.8, 4) is 0 Å². The Hall–Kier alpha value is -1.85. The highest BCUT2D eigenvalue weighted by Gasteiger charge is 2.10. The third-order valence-corrected chi connectivity index (χ3v) is 3.66. The topological polar surface area (TPSA) is 58.2 Å². The molecule has 0 heterocycles. The smallest absolute Gasteiger partial charge is 0.270 e. The maximum atomic E-state index is 11.9. The Morgan fingerprint density at radius 3 is 2.33 bits per heavy atom. The highest BCUT2D eigenvalue weighted by atomic mass is 79.9. The van der Waals surface area contributed by atoms with Crippen LogP contribution in [-0.2, 0) is 11.2 Å². The predicted molar refractivity (Wildman–Crippen MR) is 84.9 cm³/mol. The molecule has 0 saturated carbocycles. The summed E-state index contributed by atoms with van der Waals surface area (Å²) in [5.41, 5.74) is 6.02. The van der Waals surface area contributed by atoms with Gasteiger partial charge in [0, 0.05) is 9.50 Å². The van der Waals surface area contributed by atoms with Crippen LogP contribution in [0.25, 0.3) is 0 Å². The van der Waals surface area contributed by atoms with Crippen molar-refractivity contribution in [2.75, 3.05) is 0 Å². The van der Waals surface area contributed by atoms with Crippen LogP contribution in [0.15, 0.2) is 53.0 Å². The van der Waals surface area contributed by atoms with E-state index in [2.05, 4.69) is 26.8 Å². The zero-order valence-corrected chi connectivity index (χ0v) is 13.2. The van der Waals surface area contributed by atoms with Crippen molar-refractivity contribution in [2.24, 2.45) is 0 Å². The molecule has 0 spiro atoms. The maximum Gasteiger partial charge on any atom is 0.270 e. The zero-order valence-electron chi connectivity index (χ0n) is 10.9. The molecule has 108 valence electrons. The van der Waals surface area contributed by atoms with E-state index in [1.165, 1.54) is 0 Å². The summed E-state index contributed by atoms with van der Waals surface area (Å²) in [5, 5.41) is 0.612. The molecule has 2 aromatic rings. The van der Waals surface area contributed by atoms with Gasteiger partial charge in [-0.2, -0.15) is 0 Å². The molecular formula is C15H12BrClN2O2. The van der Waals surface area contributed by atoms with Crippen LogP contribution in [0.5, 0.6) is 0 Å². The van der Waals surface area contributed by atoms with Crippen molar-refractivity contribution in [2.45, 2.75) is 6.42 Å². The van der Waals surface area contributed by atoms with Crippen LogP contribution in [0.1, 0.15) is 15.9 Å². The number of hydrogen-bond donors (Lipinski definition) is 2. The first-order valence-electron chi connectivity index (χ1n) is 6.14. The Labute approximate surface area is 135 Å². The molecule has 0 saturated heterocycles. The van der Waals surface area contributed by atoms with Gasteiger partial charge in [0.25, 0.3) is 5.91 Å². The molecule has 0 aliphatic heterocycles. The summed E-state index contributed by atoms with van der Waals surface area (Å²) in [4.78, 5) is 23.6. The van der Waals surface area contributed by atoms with Gasteiger partial charge in [0.15, 0.2) is 0 Å². The van der Waals surface area contributed by atoms with Crippen LogP contribution in [0, 0.1) is 0 Å². The van der Waals surface area contributed by atoms with E-state index in [0.29, 0.717) is 15.1 Å². The average molecular weight is 368 g/mol. The van der Waals surface area contributed by atoms with Gasteiger partial charge in [-0.05, 0) is 45.8 Å². The number of nitrogens with one attached hydrogen (secondary N) is 2. The lowest BCUT2D eigenvalue weighted by molar-refractivity contribution is -0.121. The van der Waals surface area contributed by atoms with Crippen LogP contribution in [0.3, 0.4) is 0 Å². The normalized spacial score (nSPS) is 10.0. The number of benzene rings is 2. The van der Waals surface area contributed by atoms with Gasteiger partial charge in [-0.1, -0.05) is 35.9 Å². The van der Waals surface area contributed by atoms with Crippen molar-refractivity contribution >= 4 is 39.3 Å². The molecular weight excluding hydrogens is 356 g/mol. The van der Waals surface area contributed by atoms with Crippen molar-refractivity contribution in [3.05, 3.63) is 69.2 Å². The molecule has 2 rings (SSSR count). The maximum absolute atomic E-state index is 11.9. The predicted octanol–water partition coefficient (Wildman–Crippen LogP) is 3.11. The van der Waals surface area contributed by atoms with Gasteiger partial charge in [0.05, 0.1) is 12.0 Å². The number of carbonyl (C=O) groups excluding carboxylic acids is 2. The summed E-state index contributed by atoms with van der Waals surface area (Å²) in [6.07, 6.45) is 0.160. The number of rotatable bonds is 3. The lowest BCUT2D eigenvalue weighted by Gasteiger charge is -2.08. The second-order valence-electron chi connectivity index (χ2n) is 4.29. The number of hydrazine groups is 1. The van der Waals surface area contributed by atoms with Crippen molar-refractivity contribution in [3.63, 3.8) is 0 Å². The summed E-state index contributed by atoms with van der Waals surface area (Å²) >= 11 is 9.05. The van der Waals surface area contributed by atoms with Gasteiger partial charge in [-0.25, -0.2) is 0 Å². The van der Waals surface area contributed by atoms with E-state index >= 15 is 0 Å². The highest BCUT2D eigenvalue weighted by molar-refractivity contribution is 9.10. The molecule has 0 unspecified atom stereocenters. The number of hydrogen-bond acceptors (Lipinski definition) is 2. The quantitative estimate of drug-likeness (QED) is 0.819. The van der Waals surface area contributed by atoms with Crippen molar-refractivity contribution in [1.82, 2.24) is 10.9 Å². The lowest BCUT2D eigenvalue weighted by Crippen LogP contribution is -2.42. The van der Waals surface area contributed by atoms with E-state index < -0.39 is 0 Å². The Balaban J connectivity index is 1.88. The van der Waals surface area contributed by atoms with Gasteiger partial charge in [-0.3, -0.25) is 20.4 Å². The third-order valence-electron chi connectivity index (χ3n) is 2.71. The van der Waals surface area contributed by atoms with Crippen LogP contribution in [-0.4, -0.2) is 11.8 Å². The summed E-state index contributed by atoms with van der Waals surface area (Å²) in [6, 6.07) is 13.9. The SMILES string of the molecule is O=C(Cc1ccc(Cl)cc1)NNC(=O)c1ccccc1Br. The number of amides is 2. The van der Waals surface area contributed by atoms with Crippen molar-refractivity contribution < 1.29 is 9.59 Å². The molecule has 0 fully saturated rings. The van der Waals surface area contributed by atoms with Gasteiger partial charge in [-0.15, -0.1) is 0 Å². The van der Waals surface area contributed by atoms with Crippen LogP contribution in [0.4, 0.5) is 0 Å².